The van der Waals surface area contributed by atoms with E-state index in [0.29, 0.717) is 31.7 Å². The third-order valence-corrected chi connectivity index (χ3v) is 8.88. The van der Waals surface area contributed by atoms with Crippen molar-refractivity contribution in [3.63, 3.8) is 0 Å². The summed E-state index contributed by atoms with van der Waals surface area (Å²) in [5, 5.41) is 0. The van der Waals surface area contributed by atoms with Crippen LogP contribution in [-0.4, -0.2) is 24.1 Å². The Bertz CT molecular complexity index is 934. The fourth-order valence-corrected chi connectivity index (χ4v) is 7.20. The highest BCUT2D eigenvalue weighted by atomic mass is 16.5. The smallest absolute Gasteiger partial charge is 0.317 e. The van der Waals surface area contributed by atoms with Gasteiger partial charge in [-0.3, -0.25) is 14.4 Å². The molecule has 0 heterocycles. The van der Waals surface area contributed by atoms with Gasteiger partial charge < -0.3 is 4.74 Å². The molecule has 0 aliphatic heterocycles. The minimum absolute atomic E-state index is 0.0232. The fourth-order valence-electron chi connectivity index (χ4n) is 7.20. The molecule has 4 nitrogen and oxygen atoms in total. The van der Waals surface area contributed by atoms with Gasteiger partial charge in [0.25, 0.3) is 0 Å². The number of hydrogen-bond acceptors (Lipinski definition) is 4. The molecule has 2 saturated carbocycles. The second-order valence-electron chi connectivity index (χ2n) is 10.1. The van der Waals surface area contributed by atoms with Gasteiger partial charge in [-0.05, 0) is 55.6 Å². The Balaban J connectivity index is 1.70. The van der Waals surface area contributed by atoms with Gasteiger partial charge in [0.1, 0.15) is 17.5 Å². The zero-order valence-corrected chi connectivity index (χ0v) is 17.7. The molecule has 0 saturated heterocycles. The Morgan fingerprint density at radius 2 is 1.93 bits per heavy atom. The highest BCUT2D eigenvalue weighted by Crippen LogP contribution is 2.70. The van der Waals surface area contributed by atoms with Crippen molar-refractivity contribution in [3.8, 4) is 0 Å². The lowest BCUT2D eigenvalue weighted by Crippen LogP contribution is -2.46. The number of fused-ring (bicyclic) bond motifs is 3. The van der Waals surface area contributed by atoms with E-state index in [4.69, 9.17) is 4.74 Å². The lowest BCUT2D eigenvalue weighted by atomic mass is 9.51. The molecule has 0 radical (unpaired) electrons. The fraction of sp³-hybridized carbons (Fsp3) is 0.640. The van der Waals surface area contributed by atoms with E-state index in [0.717, 1.165) is 48.8 Å². The molecule has 4 atom stereocenters. The molecule has 0 aromatic heterocycles. The van der Waals surface area contributed by atoms with Crippen molar-refractivity contribution >= 4 is 17.5 Å². The van der Waals surface area contributed by atoms with Gasteiger partial charge in [0.2, 0.25) is 0 Å². The Hall–Kier alpha value is -1.97. The van der Waals surface area contributed by atoms with Crippen LogP contribution in [0.1, 0.15) is 72.1 Å². The summed E-state index contributed by atoms with van der Waals surface area (Å²) in [4.78, 5) is 38.5. The van der Waals surface area contributed by atoms with Gasteiger partial charge in [0.05, 0.1) is 12.0 Å². The van der Waals surface area contributed by atoms with Crippen LogP contribution in [0.5, 0.6) is 0 Å². The van der Waals surface area contributed by atoms with E-state index >= 15 is 0 Å². The number of esters is 1. The largest absolute Gasteiger partial charge is 0.465 e. The van der Waals surface area contributed by atoms with Gasteiger partial charge in [0.15, 0.2) is 0 Å². The molecule has 154 valence electrons. The molecule has 1 unspecified atom stereocenters. The number of ether oxygens (including phenoxy) is 1. The summed E-state index contributed by atoms with van der Waals surface area (Å²) in [6.45, 7) is 6.66. The Labute approximate surface area is 172 Å². The molecule has 0 bridgehead atoms. The summed E-state index contributed by atoms with van der Waals surface area (Å²) in [5.74, 6) is -0.120. The molecule has 0 aromatic carbocycles. The molecule has 5 aliphatic rings. The van der Waals surface area contributed by atoms with Crippen molar-refractivity contribution in [1.29, 1.82) is 0 Å². The monoisotopic (exact) mass is 394 g/mol. The molecule has 0 N–H and O–H groups in total. The van der Waals surface area contributed by atoms with Crippen molar-refractivity contribution in [3.05, 3.63) is 34.4 Å². The quantitative estimate of drug-likeness (QED) is 0.506. The number of hydrogen-bond donors (Lipinski definition) is 0. The van der Waals surface area contributed by atoms with E-state index in [1.165, 1.54) is 5.57 Å². The van der Waals surface area contributed by atoms with Crippen LogP contribution in [0.2, 0.25) is 0 Å². The second kappa shape index (κ2) is 6.02. The molecular weight excluding hydrogens is 364 g/mol. The van der Waals surface area contributed by atoms with Crippen molar-refractivity contribution in [2.75, 3.05) is 6.61 Å². The van der Waals surface area contributed by atoms with Gasteiger partial charge in [-0.1, -0.05) is 37.1 Å². The van der Waals surface area contributed by atoms with Crippen molar-refractivity contribution < 1.29 is 19.1 Å². The maximum Gasteiger partial charge on any atom is 0.317 e. The predicted molar refractivity (Wildman–Crippen MR) is 109 cm³/mol. The van der Waals surface area contributed by atoms with Gasteiger partial charge in [-0.25, -0.2) is 0 Å². The standard InChI is InChI=1S/C25H30O4/c1-4-29-22(28)17-14-15-13-16(26)5-11-24(15,3)18-7-12-25-19(21(17)18)6-9-23(25,2)10-8-20(25)27/h6,14,17H,4-5,7-13H2,1-3H3/t17-,23+,24?,25-/m1/s1. The Kier molecular flexibility index (Phi) is 3.95. The van der Waals surface area contributed by atoms with E-state index < -0.39 is 11.3 Å². The molecule has 2 fully saturated rings. The van der Waals surface area contributed by atoms with E-state index in [9.17, 15) is 14.4 Å². The molecule has 29 heavy (non-hydrogen) atoms. The van der Waals surface area contributed by atoms with E-state index in [2.05, 4.69) is 19.9 Å². The maximum absolute atomic E-state index is 13.3. The summed E-state index contributed by atoms with van der Waals surface area (Å²) < 4.78 is 5.46. The first kappa shape index (κ1) is 19.0. The second-order valence-corrected chi connectivity index (χ2v) is 10.1. The van der Waals surface area contributed by atoms with Crippen LogP contribution in [0.15, 0.2) is 34.4 Å². The number of Topliss-reactive ketones (excluding diaryl/α,β-unsaturated/α-hetero) is 2. The van der Waals surface area contributed by atoms with Gasteiger partial charge in [-0.2, -0.15) is 0 Å². The van der Waals surface area contributed by atoms with Crippen LogP contribution in [-0.2, 0) is 19.1 Å². The minimum atomic E-state index is -0.488. The summed E-state index contributed by atoms with van der Waals surface area (Å²) >= 11 is 0. The predicted octanol–water partition coefficient (Wildman–Crippen LogP) is 4.64. The first-order valence-corrected chi connectivity index (χ1v) is 11.1. The average molecular weight is 395 g/mol. The van der Waals surface area contributed by atoms with Crippen molar-refractivity contribution in [2.24, 2.45) is 22.2 Å². The van der Waals surface area contributed by atoms with E-state index in [-0.39, 0.29) is 22.6 Å². The van der Waals surface area contributed by atoms with Crippen LogP contribution in [0, 0.1) is 22.2 Å². The van der Waals surface area contributed by atoms with Crippen LogP contribution in [0.25, 0.3) is 0 Å². The number of carbonyl (C=O) groups excluding carboxylic acids is 3. The normalized spacial score (nSPS) is 40.6. The van der Waals surface area contributed by atoms with Crippen LogP contribution in [0.3, 0.4) is 0 Å². The average Bonchev–Trinajstić information content (AvgIpc) is 3.12. The maximum atomic E-state index is 13.3. The molecular formula is C25H30O4. The zero-order valence-electron chi connectivity index (χ0n) is 17.7. The van der Waals surface area contributed by atoms with Gasteiger partial charge >= 0.3 is 5.97 Å². The van der Waals surface area contributed by atoms with Crippen molar-refractivity contribution in [2.45, 2.75) is 72.1 Å². The molecule has 1 spiro atoms. The van der Waals surface area contributed by atoms with Gasteiger partial charge in [0, 0.05) is 24.7 Å². The number of ketones is 2. The van der Waals surface area contributed by atoms with Gasteiger partial charge in [-0.15, -0.1) is 0 Å². The molecule has 4 heteroatoms. The third kappa shape index (κ3) is 2.23. The third-order valence-electron chi connectivity index (χ3n) is 8.88. The molecule has 0 amide bonds. The number of allylic oxidation sites excluding steroid dienone is 4. The van der Waals surface area contributed by atoms with E-state index in [1.54, 1.807) is 0 Å². The highest BCUT2D eigenvalue weighted by molar-refractivity contribution is 5.96. The minimum Gasteiger partial charge on any atom is -0.465 e. The highest BCUT2D eigenvalue weighted by Gasteiger charge is 2.65. The first-order chi connectivity index (χ1) is 13.8. The lowest BCUT2D eigenvalue weighted by molar-refractivity contribution is -0.145. The molecule has 0 aromatic rings. The van der Waals surface area contributed by atoms with E-state index in [1.807, 2.05) is 13.0 Å². The lowest BCUT2D eigenvalue weighted by Gasteiger charge is -2.51. The summed E-state index contributed by atoms with van der Waals surface area (Å²) in [5.41, 5.74) is 3.94. The summed E-state index contributed by atoms with van der Waals surface area (Å²) in [6, 6.07) is 0. The van der Waals surface area contributed by atoms with Crippen LogP contribution < -0.4 is 0 Å². The van der Waals surface area contributed by atoms with Crippen LogP contribution >= 0.6 is 0 Å². The van der Waals surface area contributed by atoms with Crippen molar-refractivity contribution in [1.82, 2.24) is 0 Å². The topological polar surface area (TPSA) is 60.4 Å². The Morgan fingerprint density at radius 3 is 2.69 bits per heavy atom. The molecule has 5 aliphatic carbocycles. The Morgan fingerprint density at radius 1 is 1.14 bits per heavy atom. The SMILES string of the molecule is CCOC(=O)[C@@H]1C=C2CC(=O)CCC2(C)C2=C1C1=CC[C@@]3(C)CCC(=O)[C@@]13CC2. The zero-order chi connectivity index (χ0) is 20.6. The number of rotatable bonds is 2. The molecule has 5 rings (SSSR count). The summed E-state index contributed by atoms with van der Waals surface area (Å²) in [7, 11) is 0. The summed E-state index contributed by atoms with van der Waals surface area (Å²) in [6.07, 6.45) is 10.3. The first-order valence-electron chi connectivity index (χ1n) is 11.1. The number of carbonyl (C=O) groups is 3. The van der Waals surface area contributed by atoms with Crippen LogP contribution in [0.4, 0.5) is 0 Å².